The number of nitrogens with zero attached hydrogens (tertiary/aromatic N) is 1. The van der Waals surface area contributed by atoms with Crippen LogP contribution in [0.3, 0.4) is 0 Å². The summed E-state index contributed by atoms with van der Waals surface area (Å²) < 4.78 is 31.0. The third-order valence-electron chi connectivity index (χ3n) is 3.36. The molecule has 0 saturated carbocycles. The van der Waals surface area contributed by atoms with E-state index in [9.17, 15) is 8.42 Å². The summed E-state index contributed by atoms with van der Waals surface area (Å²) >= 11 is 1.54. The van der Waals surface area contributed by atoms with Crippen molar-refractivity contribution in [2.24, 2.45) is 0 Å². The summed E-state index contributed by atoms with van der Waals surface area (Å²) in [7, 11) is -1.92. The minimum Gasteiger partial charge on any atom is -0.439 e. The monoisotopic (exact) mass is 333 g/mol. The lowest BCUT2D eigenvalue weighted by atomic mass is 10.1. The minimum absolute atomic E-state index is 0.311. The maximum Gasteiger partial charge on any atom is 0.234 e. The van der Waals surface area contributed by atoms with Crippen molar-refractivity contribution in [3.63, 3.8) is 0 Å². The molecule has 1 aliphatic heterocycles. The van der Waals surface area contributed by atoms with Crippen LogP contribution in [-0.4, -0.2) is 26.0 Å². The van der Waals surface area contributed by atoms with E-state index in [-0.39, 0.29) is 0 Å². The minimum atomic E-state index is -3.42. The van der Waals surface area contributed by atoms with E-state index in [0.717, 1.165) is 22.3 Å². The van der Waals surface area contributed by atoms with Crippen LogP contribution in [0.2, 0.25) is 0 Å². The van der Waals surface area contributed by atoms with Crippen LogP contribution in [0.4, 0.5) is 0 Å². The van der Waals surface area contributed by atoms with Gasteiger partial charge in [0.25, 0.3) is 0 Å². The molecule has 4 nitrogen and oxygen atoms in total. The number of hydrogen-bond donors (Lipinski definition) is 0. The van der Waals surface area contributed by atoms with Crippen molar-refractivity contribution in [2.75, 3.05) is 13.3 Å². The van der Waals surface area contributed by atoms with Crippen LogP contribution in [0, 0.1) is 0 Å². The smallest absolute Gasteiger partial charge is 0.234 e. The fourth-order valence-corrected chi connectivity index (χ4v) is 3.30. The van der Waals surface area contributed by atoms with Gasteiger partial charge in [-0.1, -0.05) is 30.3 Å². The Morgan fingerprint density at radius 3 is 2.55 bits per heavy atom. The van der Waals surface area contributed by atoms with Crippen LogP contribution in [-0.2, 0) is 10.0 Å². The number of benzene rings is 1. The molecule has 0 saturated heterocycles. The molecule has 0 radical (unpaired) electrons. The highest BCUT2D eigenvalue weighted by Gasteiger charge is 2.24. The first-order valence-electron chi connectivity index (χ1n) is 6.64. The van der Waals surface area contributed by atoms with Gasteiger partial charge in [-0.05, 0) is 23.6 Å². The van der Waals surface area contributed by atoms with Crippen molar-refractivity contribution >= 4 is 33.0 Å². The van der Waals surface area contributed by atoms with Crippen molar-refractivity contribution < 1.29 is 13.2 Å². The molecule has 0 unspecified atom stereocenters. The lowest BCUT2D eigenvalue weighted by Gasteiger charge is -2.22. The number of ether oxygens (including phenoxy) is 1. The first-order valence-corrected chi connectivity index (χ1v) is 9.36. The molecule has 2 aromatic rings. The fraction of sp³-hybridized carbons (Fsp3) is 0.125. The van der Waals surface area contributed by atoms with Crippen LogP contribution in [0.1, 0.15) is 10.4 Å². The molecule has 0 amide bonds. The highest BCUT2D eigenvalue weighted by Crippen LogP contribution is 2.34. The number of fused-ring (bicyclic) bond motifs is 1. The lowest BCUT2D eigenvalue weighted by Crippen LogP contribution is -2.28. The van der Waals surface area contributed by atoms with E-state index >= 15 is 0 Å². The van der Waals surface area contributed by atoms with E-state index in [0.29, 0.717) is 11.6 Å². The van der Waals surface area contributed by atoms with Crippen molar-refractivity contribution in [3.05, 3.63) is 64.2 Å². The summed E-state index contributed by atoms with van der Waals surface area (Å²) in [4.78, 5) is 0.953. The zero-order chi connectivity index (χ0) is 15.7. The summed E-state index contributed by atoms with van der Waals surface area (Å²) in [5.41, 5.74) is 1.66. The molecule has 1 aliphatic rings. The van der Waals surface area contributed by atoms with Gasteiger partial charge in [-0.2, -0.15) is 0 Å². The Labute approximate surface area is 134 Å². The van der Waals surface area contributed by atoms with E-state index in [1.165, 1.54) is 22.7 Å². The van der Waals surface area contributed by atoms with Crippen molar-refractivity contribution in [1.29, 1.82) is 0 Å². The van der Waals surface area contributed by atoms with Gasteiger partial charge in [0.05, 0.1) is 11.8 Å². The van der Waals surface area contributed by atoms with Crippen LogP contribution >= 0.6 is 11.3 Å². The Balaban J connectivity index is 2.20. The third-order valence-corrected chi connectivity index (χ3v) is 5.42. The highest BCUT2D eigenvalue weighted by molar-refractivity contribution is 7.88. The SMILES string of the molecule is CN(C1=C(c2cccs2)C=Cc2ccccc2O1)S(C)(=O)=O. The van der Waals surface area contributed by atoms with Gasteiger partial charge in [-0.15, -0.1) is 11.3 Å². The predicted molar refractivity (Wildman–Crippen MR) is 89.9 cm³/mol. The van der Waals surface area contributed by atoms with E-state index in [2.05, 4.69) is 0 Å². The third kappa shape index (κ3) is 2.80. The van der Waals surface area contributed by atoms with Crippen molar-refractivity contribution in [2.45, 2.75) is 0 Å². The molecule has 1 aromatic heterocycles. The average molecular weight is 333 g/mol. The average Bonchev–Trinajstić information content (AvgIpc) is 2.93. The number of sulfonamides is 1. The van der Waals surface area contributed by atoms with Crippen molar-refractivity contribution in [1.82, 2.24) is 4.31 Å². The van der Waals surface area contributed by atoms with Crippen LogP contribution in [0.25, 0.3) is 11.6 Å². The van der Waals surface area contributed by atoms with Gasteiger partial charge in [0.15, 0.2) is 0 Å². The Morgan fingerprint density at radius 1 is 1.09 bits per heavy atom. The molecule has 114 valence electrons. The van der Waals surface area contributed by atoms with E-state index in [4.69, 9.17) is 4.74 Å². The molecule has 22 heavy (non-hydrogen) atoms. The standard InChI is InChI=1S/C16H15NO3S2/c1-17(22(2,18)19)16-13(15-8-5-11-21-15)10-9-12-6-3-4-7-14(12)20-16/h3-11H,1-2H3. The van der Waals surface area contributed by atoms with Gasteiger partial charge in [-0.25, -0.2) is 12.7 Å². The molecule has 0 bridgehead atoms. The van der Waals surface area contributed by atoms with E-state index in [1.807, 2.05) is 53.9 Å². The van der Waals surface area contributed by atoms with Crippen molar-refractivity contribution in [3.8, 4) is 5.75 Å². The molecule has 0 aliphatic carbocycles. The van der Waals surface area contributed by atoms with Gasteiger partial charge in [0, 0.05) is 17.5 Å². The Hall–Kier alpha value is -2.05. The zero-order valence-corrected chi connectivity index (χ0v) is 13.8. The highest BCUT2D eigenvalue weighted by atomic mass is 32.2. The maximum absolute atomic E-state index is 12.0. The number of rotatable bonds is 3. The van der Waals surface area contributed by atoms with Gasteiger partial charge in [0.1, 0.15) is 5.75 Å². The molecule has 6 heteroatoms. The van der Waals surface area contributed by atoms with Crippen LogP contribution in [0.15, 0.2) is 53.7 Å². The topological polar surface area (TPSA) is 46.6 Å². The van der Waals surface area contributed by atoms with Gasteiger partial charge < -0.3 is 4.74 Å². The number of thiophene rings is 1. The molecule has 3 rings (SSSR count). The lowest BCUT2D eigenvalue weighted by molar-refractivity contribution is 0.327. The molecule has 0 N–H and O–H groups in total. The fourth-order valence-electron chi connectivity index (χ4n) is 2.12. The largest absolute Gasteiger partial charge is 0.439 e. The normalized spacial score (nSPS) is 14.3. The Kier molecular flexibility index (Phi) is 3.80. The summed E-state index contributed by atoms with van der Waals surface area (Å²) in [5, 5.41) is 1.95. The molecule has 2 heterocycles. The first kappa shape index (κ1) is 14.9. The van der Waals surface area contributed by atoms with Gasteiger partial charge >= 0.3 is 0 Å². The number of allylic oxidation sites excluding steroid dienone is 2. The second kappa shape index (κ2) is 5.62. The Bertz CT molecular complexity index is 849. The van der Waals surface area contributed by atoms with Crippen LogP contribution < -0.4 is 4.74 Å². The molecular formula is C16H15NO3S2. The first-order chi connectivity index (χ1) is 10.5. The molecule has 0 atom stereocenters. The summed E-state index contributed by atoms with van der Waals surface area (Å²) in [6.45, 7) is 0. The second-order valence-electron chi connectivity index (χ2n) is 4.90. The maximum atomic E-state index is 12.0. The molecule has 0 fully saturated rings. The quantitative estimate of drug-likeness (QED) is 0.865. The van der Waals surface area contributed by atoms with E-state index < -0.39 is 10.0 Å². The molecule has 1 aromatic carbocycles. The predicted octanol–water partition coefficient (Wildman–Crippen LogP) is 3.41. The molecule has 0 spiro atoms. The van der Waals surface area contributed by atoms with E-state index in [1.54, 1.807) is 0 Å². The summed E-state index contributed by atoms with van der Waals surface area (Å²) in [5.74, 6) is 0.946. The number of para-hydroxylation sites is 1. The summed E-state index contributed by atoms with van der Waals surface area (Å²) in [6.07, 6.45) is 5.00. The summed E-state index contributed by atoms with van der Waals surface area (Å²) in [6, 6.07) is 11.4. The second-order valence-corrected chi connectivity index (χ2v) is 7.86. The van der Waals surface area contributed by atoms with Gasteiger partial charge in [-0.3, -0.25) is 0 Å². The van der Waals surface area contributed by atoms with Gasteiger partial charge in [0.2, 0.25) is 15.9 Å². The van der Waals surface area contributed by atoms with Crippen LogP contribution in [0.5, 0.6) is 5.75 Å². The Morgan fingerprint density at radius 2 is 1.86 bits per heavy atom. The zero-order valence-electron chi connectivity index (χ0n) is 12.2. The molecular weight excluding hydrogens is 318 g/mol. The number of hydrogen-bond acceptors (Lipinski definition) is 4.